The molecule has 1 heterocycles. The summed E-state index contributed by atoms with van der Waals surface area (Å²) < 4.78 is 0. The Hall–Kier alpha value is -0.570. The van der Waals surface area contributed by atoms with Crippen LogP contribution in [-0.2, 0) is 4.79 Å². The molecule has 0 radical (unpaired) electrons. The van der Waals surface area contributed by atoms with Crippen LogP contribution in [0.15, 0.2) is 0 Å². The molecule has 1 aliphatic heterocycles. The first-order chi connectivity index (χ1) is 8.71. The monoisotopic (exact) mass is 250 g/mol. The Kier molecular flexibility index (Phi) is 3.35. The van der Waals surface area contributed by atoms with E-state index in [4.69, 9.17) is 0 Å². The van der Waals surface area contributed by atoms with Crippen molar-refractivity contribution in [1.29, 1.82) is 0 Å². The van der Waals surface area contributed by atoms with Crippen LogP contribution < -0.4 is 10.6 Å². The fraction of sp³-hybridized carbons (Fsp3) is 0.933. The zero-order valence-corrected chi connectivity index (χ0v) is 11.5. The van der Waals surface area contributed by atoms with Crippen molar-refractivity contribution in [2.75, 3.05) is 13.1 Å². The quantitative estimate of drug-likeness (QED) is 0.805. The van der Waals surface area contributed by atoms with Crippen LogP contribution in [0.5, 0.6) is 0 Å². The molecule has 0 aromatic heterocycles. The standard InChI is InChI=1S/C15H26N2O/c1-11(12-4-2-3-5-12)17-14(18)13-10-15(13)6-8-16-9-7-15/h11-13,16H,2-10H2,1H3,(H,17,18)/t11-,13?/m1/s1. The van der Waals surface area contributed by atoms with Crippen LogP contribution in [0.3, 0.4) is 0 Å². The van der Waals surface area contributed by atoms with E-state index in [1.165, 1.54) is 38.5 Å². The zero-order chi connectivity index (χ0) is 12.6. The van der Waals surface area contributed by atoms with Crippen LogP contribution >= 0.6 is 0 Å². The van der Waals surface area contributed by atoms with E-state index in [9.17, 15) is 4.79 Å². The predicted molar refractivity (Wildman–Crippen MR) is 72.2 cm³/mol. The SMILES string of the molecule is C[C@@H](NC(=O)C1CC12CCNCC2)C1CCCC1. The third-order valence-corrected chi connectivity index (χ3v) is 5.58. The second-order valence-electron chi connectivity index (χ2n) is 6.71. The highest BCUT2D eigenvalue weighted by atomic mass is 16.2. The first-order valence-corrected chi connectivity index (χ1v) is 7.72. The van der Waals surface area contributed by atoms with E-state index in [0.29, 0.717) is 23.3 Å². The van der Waals surface area contributed by atoms with Gasteiger partial charge in [0, 0.05) is 12.0 Å². The topological polar surface area (TPSA) is 41.1 Å². The number of nitrogens with one attached hydrogen (secondary N) is 2. The van der Waals surface area contributed by atoms with Crippen LogP contribution in [0, 0.1) is 17.3 Å². The van der Waals surface area contributed by atoms with E-state index in [0.717, 1.165) is 25.4 Å². The van der Waals surface area contributed by atoms with E-state index >= 15 is 0 Å². The summed E-state index contributed by atoms with van der Waals surface area (Å²) in [5, 5.41) is 6.69. The van der Waals surface area contributed by atoms with Crippen molar-refractivity contribution in [3.8, 4) is 0 Å². The number of carbonyl (C=O) groups is 1. The molecule has 2 N–H and O–H groups in total. The Labute approximate surface area is 110 Å². The van der Waals surface area contributed by atoms with E-state index in [1.807, 2.05) is 0 Å². The van der Waals surface area contributed by atoms with Crippen molar-refractivity contribution in [2.24, 2.45) is 17.3 Å². The van der Waals surface area contributed by atoms with Gasteiger partial charge in [0.05, 0.1) is 0 Å². The van der Waals surface area contributed by atoms with E-state index in [-0.39, 0.29) is 0 Å². The molecule has 3 heteroatoms. The first kappa shape index (κ1) is 12.5. The van der Waals surface area contributed by atoms with Crippen molar-refractivity contribution in [3.63, 3.8) is 0 Å². The maximum atomic E-state index is 12.3. The molecule has 2 saturated carbocycles. The molecule has 2 aliphatic carbocycles. The maximum Gasteiger partial charge on any atom is 0.223 e. The van der Waals surface area contributed by atoms with Crippen molar-refractivity contribution in [3.05, 3.63) is 0 Å². The van der Waals surface area contributed by atoms with Crippen molar-refractivity contribution < 1.29 is 4.79 Å². The van der Waals surface area contributed by atoms with Gasteiger partial charge < -0.3 is 10.6 Å². The molecular formula is C15H26N2O. The summed E-state index contributed by atoms with van der Waals surface area (Å²) >= 11 is 0. The van der Waals surface area contributed by atoms with Crippen LogP contribution in [0.25, 0.3) is 0 Å². The molecule has 18 heavy (non-hydrogen) atoms. The van der Waals surface area contributed by atoms with Crippen LogP contribution in [0.1, 0.15) is 51.9 Å². The van der Waals surface area contributed by atoms with Gasteiger partial charge in [-0.3, -0.25) is 4.79 Å². The number of carbonyl (C=O) groups excluding carboxylic acids is 1. The minimum Gasteiger partial charge on any atom is -0.353 e. The van der Waals surface area contributed by atoms with Gasteiger partial charge in [0.1, 0.15) is 0 Å². The highest BCUT2D eigenvalue weighted by Gasteiger charge is 2.57. The first-order valence-electron chi connectivity index (χ1n) is 7.72. The molecule has 102 valence electrons. The summed E-state index contributed by atoms with van der Waals surface area (Å²) in [7, 11) is 0. The Morgan fingerprint density at radius 2 is 1.94 bits per heavy atom. The number of hydrogen-bond acceptors (Lipinski definition) is 2. The lowest BCUT2D eigenvalue weighted by molar-refractivity contribution is -0.124. The normalized spacial score (nSPS) is 32.4. The predicted octanol–water partition coefficient (Wildman–Crippen LogP) is 2.07. The molecule has 2 atom stereocenters. The summed E-state index contributed by atoms with van der Waals surface area (Å²) in [4.78, 5) is 12.3. The molecule has 3 aliphatic rings. The summed E-state index contributed by atoms with van der Waals surface area (Å²) in [5.74, 6) is 1.40. The molecule has 1 unspecified atom stereocenters. The van der Waals surface area contributed by atoms with E-state index < -0.39 is 0 Å². The fourth-order valence-electron chi connectivity index (χ4n) is 4.10. The van der Waals surface area contributed by atoms with Gasteiger partial charge in [-0.05, 0) is 63.5 Å². The van der Waals surface area contributed by atoms with Crippen molar-refractivity contribution in [2.45, 2.75) is 57.9 Å². The van der Waals surface area contributed by atoms with Gasteiger partial charge in [-0.15, -0.1) is 0 Å². The summed E-state index contributed by atoms with van der Waals surface area (Å²) in [5.41, 5.74) is 0.380. The Morgan fingerprint density at radius 1 is 1.28 bits per heavy atom. The fourth-order valence-corrected chi connectivity index (χ4v) is 4.10. The van der Waals surface area contributed by atoms with E-state index in [1.54, 1.807) is 0 Å². The lowest BCUT2D eigenvalue weighted by Crippen LogP contribution is -2.40. The summed E-state index contributed by atoms with van der Waals surface area (Å²) in [6, 6.07) is 0.388. The zero-order valence-electron chi connectivity index (χ0n) is 11.5. The van der Waals surface area contributed by atoms with Gasteiger partial charge in [0.2, 0.25) is 5.91 Å². The maximum absolute atomic E-state index is 12.3. The molecular weight excluding hydrogens is 224 g/mol. The molecule has 1 amide bonds. The second kappa shape index (κ2) is 4.84. The van der Waals surface area contributed by atoms with Crippen molar-refractivity contribution in [1.82, 2.24) is 10.6 Å². The lowest BCUT2D eigenvalue weighted by atomic mass is 9.91. The van der Waals surface area contributed by atoms with Gasteiger partial charge in [-0.1, -0.05) is 12.8 Å². The Balaban J connectivity index is 1.50. The largest absolute Gasteiger partial charge is 0.353 e. The average molecular weight is 250 g/mol. The highest BCUT2D eigenvalue weighted by molar-refractivity contribution is 5.82. The number of amides is 1. The molecule has 3 fully saturated rings. The minimum atomic E-state index is 0.323. The van der Waals surface area contributed by atoms with Crippen LogP contribution in [0.4, 0.5) is 0 Å². The molecule has 0 aromatic carbocycles. The van der Waals surface area contributed by atoms with E-state index in [2.05, 4.69) is 17.6 Å². The molecule has 0 aromatic rings. The molecule has 3 nitrogen and oxygen atoms in total. The molecule has 1 saturated heterocycles. The molecule has 0 bridgehead atoms. The third-order valence-electron chi connectivity index (χ3n) is 5.58. The number of rotatable bonds is 3. The van der Waals surface area contributed by atoms with Gasteiger partial charge in [0.25, 0.3) is 0 Å². The Morgan fingerprint density at radius 3 is 2.61 bits per heavy atom. The van der Waals surface area contributed by atoms with Gasteiger partial charge in [-0.2, -0.15) is 0 Å². The number of hydrogen-bond donors (Lipinski definition) is 2. The summed E-state index contributed by atoms with van der Waals surface area (Å²) in [6.45, 7) is 4.40. The Bertz CT molecular complexity index is 316. The molecule has 3 rings (SSSR count). The average Bonchev–Trinajstić information content (AvgIpc) is 2.84. The minimum absolute atomic E-state index is 0.323. The smallest absolute Gasteiger partial charge is 0.223 e. The molecule has 1 spiro atoms. The van der Waals surface area contributed by atoms with Gasteiger partial charge in [0.15, 0.2) is 0 Å². The lowest BCUT2D eigenvalue weighted by Gasteiger charge is -2.25. The highest BCUT2D eigenvalue weighted by Crippen LogP contribution is 2.58. The number of piperidine rings is 1. The van der Waals surface area contributed by atoms with Crippen molar-refractivity contribution >= 4 is 5.91 Å². The van der Waals surface area contributed by atoms with Crippen LogP contribution in [0.2, 0.25) is 0 Å². The van der Waals surface area contributed by atoms with Gasteiger partial charge >= 0.3 is 0 Å². The summed E-state index contributed by atoms with van der Waals surface area (Å²) in [6.07, 6.45) is 8.85. The van der Waals surface area contributed by atoms with Crippen LogP contribution in [-0.4, -0.2) is 25.0 Å². The second-order valence-corrected chi connectivity index (χ2v) is 6.71. The van der Waals surface area contributed by atoms with Gasteiger partial charge in [-0.25, -0.2) is 0 Å². The third kappa shape index (κ3) is 2.29.